The molecule has 0 aromatic carbocycles. The molecular weight excluding hydrogens is 212 g/mol. The number of hydrogen-bond donors (Lipinski definition) is 1. The van der Waals surface area contributed by atoms with Gasteiger partial charge in [0.2, 0.25) is 0 Å². The molecule has 2 heterocycles. The zero-order chi connectivity index (χ0) is 11.8. The van der Waals surface area contributed by atoms with Crippen molar-refractivity contribution in [1.82, 2.24) is 14.8 Å². The van der Waals surface area contributed by atoms with Crippen molar-refractivity contribution in [3.8, 4) is 0 Å². The fourth-order valence-electron chi connectivity index (χ4n) is 2.79. The van der Waals surface area contributed by atoms with Crippen LogP contribution in [0.1, 0.15) is 31.4 Å². The van der Waals surface area contributed by atoms with Crippen molar-refractivity contribution in [3.63, 3.8) is 0 Å². The van der Waals surface area contributed by atoms with Gasteiger partial charge < -0.3 is 5.32 Å². The number of anilines is 1. The van der Waals surface area contributed by atoms with Crippen LogP contribution in [0.5, 0.6) is 0 Å². The standard InChI is InChI=1S/C13H18N4/c1-9-12-11(15-10-5-3-4-6-10)7-8-14-13(12)17(2)16-9/h7-8,10H,3-6H2,1-2H3,(H,14,15). The average Bonchev–Trinajstić information content (AvgIpc) is 2.90. The number of aryl methyl sites for hydroxylation is 2. The van der Waals surface area contributed by atoms with E-state index in [1.807, 2.05) is 24.9 Å². The van der Waals surface area contributed by atoms with Gasteiger partial charge in [-0.1, -0.05) is 12.8 Å². The fourth-order valence-corrected chi connectivity index (χ4v) is 2.79. The smallest absolute Gasteiger partial charge is 0.159 e. The molecule has 0 unspecified atom stereocenters. The number of nitrogens with one attached hydrogen (secondary N) is 1. The first kappa shape index (κ1) is 10.6. The normalized spacial score (nSPS) is 16.8. The first-order valence-corrected chi connectivity index (χ1v) is 6.30. The lowest BCUT2D eigenvalue weighted by Gasteiger charge is -2.14. The Morgan fingerprint density at radius 1 is 1.35 bits per heavy atom. The highest BCUT2D eigenvalue weighted by Gasteiger charge is 2.17. The molecule has 2 aromatic heterocycles. The highest BCUT2D eigenvalue weighted by molar-refractivity contribution is 5.91. The molecule has 0 spiro atoms. The van der Waals surface area contributed by atoms with E-state index < -0.39 is 0 Å². The molecule has 0 bridgehead atoms. The Hall–Kier alpha value is -1.58. The summed E-state index contributed by atoms with van der Waals surface area (Å²) in [5.74, 6) is 0. The molecule has 0 atom stereocenters. The molecule has 4 heteroatoms. The molecule has 17 heavy (non-hydrogen) atoms. The minimum Gasteiger partial charge on any atom is -0.382 e. The molecular formula is C13H18N4. The molecule has 0 saturated heterocycles. The van der Waals surface area contributed by atoms with E-state index in [-0.39, 0.29) is 0 Å². The van der Waals surface area contributed by atoms with E-state index in [0.717, 1.165) is 11.3 Å². The van der Waals surface area contributed by atoms with Crippen LogP contribution in [0.15, 0.2) is 12.3 Å². The van der Waals surface area contributed by atoms with Crippen molar-refractivity contribution in [2.75, 3.05) is 5.32 Å². The second-order valence-electron chi connectivity index (χ2n) is 4.89. The molecule has 1 aliphatic carbocycles. The van der Waals surface area contributed by atoms with Crippen LogP contribution >= 0.6 is 0 Å². The largest absolute Gasteiger partial charge is 0.382 e. The fraction of sp³-hybridized carbons (Fsp3) is 0.538. The van der Waals surface area contributed by atoms with Gasteiger partial charge in [-0.3, -0.25) is 4.68 Å². The highest BCUT2D eigenvalue weighted by Crippen LogP contribution is 2.28. The Morgan fingerprint density at radius 2 is 2.12 bits per heavy atom. The summed E-state index contributed by atoms with van der Waals surface area (Å²) in [6.45, 7) is 2.05. The maximum absolute atomic E-state index is 4.44. The molecule has 0 amide bonds. The Morgan fingerprint density at radius 3 is 2.88 bits per heavy atom. The van der Waals surface area contributed by atoms with Crippen LogP contribution in [0.2, 0.25) is 0 Å². The number of pyridine rings is 1. The van der Waals surface area contributed by atoms with E-state index in [2.05, 4.69) is 21.5 Å². The molecule has 4 nitrogen and oxygen atoms in total. The first-order valence-electron chi connectivity index (χ1n) is 6.30. The monoisotopic (exact) mass is 230 g/mol. The summed E-state index contributed by atoms with van der Waals surface area (Å²) in [4.78, 5) is 4.40. The van der Waals surface area contributed by atoms with Gasteiger partial charge in [0.05, 0.1) is 11.1 Å². The summed E-state index contributed by atoms with van der Waals surface area (Å²) in [6.07, 6.45) is 7.11. The second kappa shape index (κ2) is 4.02. The number of fused-ring (bicyclic) bond motifs is 1. The lowest BCUT2D eigenvalue weighted by molar-refractivity contribution is 0.756. The molecule has 1 N–H and O–H groups in total. The van der Waals surface area contributed by atoms with Gasteiger partial charge in [-0.15, -0.1) is 0 Å². The van der Waals surface area contributed by atoms with Crippen molar-refractivity contribution in [3.05, 3.63) is 18.0 Å². The molecule has 2 aromatic rings. The Labute approximate surface area is 101 Å². The van der Waals surface area contributed by atoms with Gasteiger partial charge in [0.15, 0.2) is 5.65 Å². The lowest BCUT2D eigenvalue weighted by Crippen LogP contribution is -2.14. The topological polar surface area (TPSA) is 42.7 Å². The molecule has 90 valence electrons. The molecule has 3 rings (SSSR count). The third kappa shape index (κ3) is 1.77. The van der Waals surface area contributed by atoms with Crippen LogP contribution in [0.3, 0.4) is 0 Å². The molecule has 1 aliphatic rings. The number of nitrogens with zero attached hydrogens (tertiary/aromatic N) is 3. The van der Waals surface area contributed by atoms with Gasteiger partial charge in [-0.05, 0) is 25.8 Å². The number of rotatable bonds is 2. The predicted molar refractivity (Wildman–Crippen MR) is 69.1 cm³/mol. The van der Waals surface area contributed by atoms with Crippen molar-refractivity contribution < 1.29 is 0 Å². The van der Waals surface area contributed by atoms with Crippen molar-refractivity contribution in [2.24, 2.45) is 7.05 Å². The van der Waals surface area contributed by atoms with Gasteiger partial charge in [0.1, 0.15) is 0 Å². The minimum atomic E-state index is 0.625. The van der Waals surface area contributed by atoms with Crippen LogP contribution in [-0.4, -0.2) is 20.8 Å². The first-order chi connectivity index (χ1) is 8.25. The summed E-state index contributed by atoms with van der Waals surface area (Å²) < 4.78 is 1.85. The van der Waals surface area contributed by atoms with Gasteiger partial charge in [-0.2, -0.15) is 5.10 Å². The maximum Gasteiger partial charge on any atom is 0.159 e. The summed E-state index contributed by atoms with van der Waals surface area (Å²) in [6, 6.07) is 2.69. The molecule has 1 fully saturated rings. The summed E-state index contributed by atoms with van der Waals surface area (Å²) in [5, 5.41) is 9.25. The quantitative estimate of drug-likeness (QED) is 0.862. The van der Waals surface area contributed by atoms with Gasteiger partial charge >= 0.3 is 0 Å². The van der Waals surface area contributed by atoms with E-state index in [1.54, 1.807) is 0 Å². The molecule has 0 radical (unpaired) electrons. The summed E-state index contributed by atoms with van der Waals surface area (Å²) in [5.41, 5.74) is 3.20. The second-order valence-corrected chi connectivity index (χ2v) is 4.89. The minimum absolute atomic E-state index is 0.625. The third-order valence-electron chi connectivity index (χ3n) is 3.61. The van der Waals surface area contributed by atoms with E-state index in [4.69, 9.17) is 0 Å². The zero-order valence-corrected chi connectivity index (χ0v) is 10.4. The predicted octanol–water partition coefficient (Wildman–Crippen LogP) is 2.63. The van der Waals surface area contributed by atoms with Crippen molar-refractivity contribution in [2.45, 2.75) is 38.6 Å². The van der Waals surface area contributed by atoms with Gasteiger partial charge in [0, 0.05) is 25.0 Å². The lowest BCUT2D eigenvalue weighted by atomic mass is 10.2. The zero-order valence-electron chi connectivity index (χ0n) is 10.4. The van der Waals surface area contributed by atoms with Gasteiger partial charge in [0.25, 0.3) is 0 Å². The van der Waals surface area contributed by atoms with Crippen molar-refractivity contribution in [1.29, 1.82) is 0 Å². The van der Waals surface area contributed by atoms with Crippen LogP contribution in [0.4, 0.5) is 5.69 Å². The summed E-state index contributed by atoms with van der Waals surface area (Å²) in [7, 11) is 1.95. The van der Waals surface area contributed by atoms with Crippen LogP contribution in [0, 0.1) is 6.92 Å². The van der Waals surface area contributed by atoms with E-state index in [0.29, 0.717) is 6.04 Å². The van der Waals surface area contributed by atoms with Crippen molar-refractivity contribution >= 4 is 16.7 Å². The molecule has 1 saturated carbocycles. The van der Waals surface area contributed by atoms with Gasteiger partial charge in [-0.25, -0.2) is 4.98 Å². The third-order valence-corrected chi connectivity index (χ3v) is 3.61. The number of aromatic nitrogens is 3. The Kier molecular flexibility index (Phi) is 2.50. The number of hydrogen-bond acceptors (Lipinski definition) is 3. The average molecular weight is 230 g/mol. The van der Waals surface area contributed by atoms with E-state index >= 15 is 0 Å². The Bertz CT molecular complexity index is 538. The van der Waals surface area contributed by atoms with E-state index in [9.17, 15) is 0 Å². The molecule has 0 aliphatic heterocycles. The van der Waals surface area contributed by atoms with Crippen LogP contribution in [-0.2, 0) is 7.05 Å². The van der Waals surface area contributed by atoms with Crippen LogP contribution < -0.4 is 5.32 Å². The highest BCUT2D eigenvalue weighted by atomic mass is 15.3. The van der Waals surface area contributed by atoms with E-state index in [1.165, 1.54) is 36.8 Å². The maximum atomic E-state index is 4.44. The summed E-state index contributed by atoms with van der Waals surface area (Å²) >= 11 is 0. The SMILES string of the molecule is Cc1nn(C)c2nccc(NC3CCCC3)c12. The van der Waals surface area contributed by atoms with Crippen LogP contribution in [0.25, 0.3) is 11.0 Å². The Balaban J connectivity index is 2.03.